The molecule has 1 aliphatic rings. The fraction of sp³-hybridized carbons (Fsp3) is 0.533. The van der Waals surface area contributed by atoms with Crippen molar-refractivity contribution in [3.05, 3.63) is 29.8 Å². The minimum Gasteiger partial charge on any atom is -0.508 e. The number of carbonyl (C=O) groups excluding carboxylic acids is 1. The number of phenols is 1. The van der Waals surface area contributed by atoms with Gasteiger partial charge in [0.1, 0.15) is 5.75 Å². The predicted octanol–water partition coefficient (Wildman–Crippen LogP) is 0.426. The van der Waals surface area contributed by atoms with Gasteiger partial charge in [-0.1, -0.05) is 18.2 Å². The van der Waals surface area contributed by atoms with Crippen LogP contribution < -0.4 is 5.73 Å². The van der Waals surface area contributed by atoms with E-state index in [0.717, 1.165) is 26.2 Å². The van der Waals surface area contributed by atoms with Crippen LogP contribution in [0, 0.1) is 0 Å². The van der Waals surface area contributed by atoms with Gasteiger partial charge in [0.25, 0.3) is 0 Å². The van der Waals surface area contributed by atoms with E-state index in [1.807, 2.05) is 11.0 Å². The van der Waals surface area contributed by atoms with E-state index >= 15 is 0 Å². The van der Waals surface area contributed by atoms with Crippen LogP contribution in [0.25, 0.3) is 0 Å². The third kappa shape index (κ3) is 3.49. The zero-order valence-electron chi connectivity index (χ0n) is 12.0. The van der Waals surface area contributed by atoms with Gasteiger partial charge in [0, 0.05) is 44.3 Å². The lowest BCUT2D eigenvalue weighted by Gasteiger charge is -2.37. The molecule has 1 aromatic carbocycles. The van der Waals surface area contributed by atoms with Crippen molar-refractivity contribution in [2.45, 2.75) is 19.4 Å². The van der Waals surface area contributed by atoms with Crippen molar-refractivity contribution in [2.75, 3.05) is 32.7 Å². The minimum absolute atomic E-state index is 0.0755. The minimum atomic E-state index is 0.0755. The van der Waals surface area contributed by atoms with E-state index in [-0.39, 0.29) is 18.1 Å². The van der Waals surface area contributed by atoms with E-state index < -0.39 is 0 Å². The van der Waals surface area contributed by atoms with Gasteiger partial charge in [0.05, 0.1) is 6.42 Å². The molecule has 20 heavy (non-hydrogen) atoms. The fourth-order valence-corrected chi connectivity index (χ4v) is 2.50. The van der Waals surface area contributed by atoms with Crippen LogP contribution in [0.3, 0.4) is 0 Å². The van der Waals surface area contributed by atoms with Crippen molar-refractivity contribution in [1.29, 1.82) is 0 Å². The molecule has 0 aromatic heterocycles. The highest BCUT2D eigenvalue weighted by Gasteiger charge is 2.23. The zero-order chi connectivity index (χ0) is 14.5. The number of amides is 1. The summed E-state index contributed by atoms with van der Waals surface area (Å²) in [4.78, 5) is 16.4. The highest BCUT2D eigenvalue weighted by molar-refractivity contribution is 5.79. The normalized spacial score (nSPS) is 18.0. The van der Waals surface area contributed by atoms with Gasteiger partial charge in [-0.25, -0.2) is 0 Å². The molecule has 0 radical (unpaired) electrons. The van der Waals surface area contributed by atoms with Gasteiger partial charge in [0.2, 0.25) is 5.91 Å². The Morgan fingerprint density at radius 1 is 1.30 bits per heavy atom. The third-order valence-electron chi connectivity index (χ3n) is 3.96. The van der Waals surface area contributed by atoms with Crippen molar-refractivity contribution in [3.63, 3.8) is 0 Å². The van der Waals surface area contributed by atoms with Gasteiger partial charge in [-0.2, -0.15) is 0 Å². The number of aromatic hydroxyl groups is 1. The molecule has 2 rings (SSSR count). The van der Waals surface area contributed by atoms with Gasteiger partial charge in [-0.05, 0) is 13.0 Å². The number of carbonyl (C=O) groups is 1. The maximum Gasteiger partial charge on any atom is 0.227 e. The molecule has 1 amide bonds. The summed E-state index contributed by atoms with van der Waals surface area (Å²) in [7, 11) is 0. The molecule has 1 aromatic rings. The van der Waals surface area contributed by atoms with Crippen molar-refractivity contribution >= 4 is 5.91 Å². The second-order valence-electron chi connectivity index (χ2n) is 5.31. The first-order chi connectivity index (χ1) is 9.61. The Morgan fingerprint density at radius 3 is 2.55 bits per heavy atom. The van der Waals surface area contributed by atoms with Gasteiger partial charge < -0.3 is 15.7 Å². The maximum atomic E-state index is 12.2. The second kappa shape index (κ2) is 6.72. The highest BCUT2D eigenvalue weighted by Crippen LogP contribution is 2.17. The number of rotatable bonds is 4. The quantitative estimate of drug-likeness (QED) is 0.837. The summed E-state index contributed by atoms with van der Waals surface area (Å²) < 4.78 is 0. The van der Waals surface area contributed by atoms with E-state index in [9.17, 15) is 9.90 Å². The summed E-state index contributed by atoms with van der Waals surface area (Å²) >= 11 is 0. The number of phenolic OH excluding ortho intramolecular Hbond substituents is 1. The van der Waals surface area contributed by atoms with Crippen molar-refractivity contribution < 1.29 is 9.90 Å². The Labute approximate surface area is 120 Å². The van der Waals surface area contributed by atoms with Crippen LogP contribution in [0.2, 0.25) is 0 Å². The maximum absolute atomic E-state index is 12.2. The SMILES string of the molecule is CC(CN)N1CCN(C(=O)Cc2ccccc2O)CC1. The number of nitrogens with zero attached hydrogens (tertiary/aromatic N) is 2. The molecule has 1 atom stereocenters. The first kappa shape index (κ1) is 14.8. The Balaban J connectivity index is 1.88. The van der Waals surface area contributed by atoms with Crippen molar-refractivity contribution in [1.82, 2.24) is 9.80 Å². The van der Waals surface area contributed by atoms with E-state index in [0.29, 0.717) is 18.2 Å². The van der Waals surface area contributed by atoms with Gasteiger partial charge >= 0.3 is 0 Å². The molecular formula is C15H23N3O2. The molecule has 5 heteroatoms. The molecule has 1 saturated heterocycles. The third-order valence-corrected chi connectivity index (χ3v) is 3.96. The van der Waals surface area contributed by atoms with Gasteiger partial charge in [-0.3, -0.25) is 9.69 Å². The summed E-state index contributed by atoms with van der Waals surface area (Å²) in [6.07, 6.45) is 0.263. The number of para-hydroxylation sites is 1. The Bertz CT molecular complexity index is 456. The first-order valence-electron chi connectivity index (χ1n) is 7.10. The standard InChI is InChI=1S/C15H23N3O2/c1-12(11-16)17-6-8-18(9-7-17)15(20)10-13-4-2-3-5-14(13)19/h2-5,12,19H,6-11,16H2,1H3. The number of piperazine rings is 1. The lowest BCUT2D eigenvalue weighted by atomic mass is 10.1. The molecule has 1 unspecified atom stereocenters. The van der Waals surface area contributed by atoms with Crippen molar-refractivity contribution in [2.24, 2.45) is 5.73 Å². The summed E-state index contributed by atoms with van der Waals surface area (Å²) in [6.45, 7) is 5.95. The molecule has 3 N–H and O–H groups in total. The van der Waals surface area contributed by atoms with Crippen LogP contribution in [0.15, 0.2) is 24.3 Å². The van der Waals surface area contributed by atoms with E-state index in [1.54, 1.807) is 18.2 Å². The highest BCUT2D eigenvalue weighted by atomic mass is 16.3. The average molecular weight is 277 g/mol. The molecule has 0 saturated carbocycles. The molecule has 1 fully saturated rings. The molecule has 110 valence electrons. The number of nitrogens with two attached hydrogens (primary N) is 1. The molecule has 5 nitrogen and oxygen atoms in total. The number of hydrogen-bond donors (Lipinski definition) is 2. The fourth-order valence-electron chi connectivity index (χ4n) is 2.50. The number of benzene rings is 1. The lowest BCUT2D eigenvalue weighted by Crippen LogP contribution is -2.53. The van der Waals surface area contributed by atoms with Crippen LogP contribution >= 0.6 is 0 Å². The Hall–Kier alpha value is -1.59. The van der Waals surface area contributed by atoms with Gasteiger partial charge in [0.15, 0.2) is 0 Å². The topological polar surface area (TPSA) is 69.8 Å². The first-order valence-corrected chi connectivity index (χ1v) is 7.10. The van der Waals surface area contributed by atoms with Crippen LogP contribution in [0.1, 0.15) is 12.5 Å². The van der Waals surface area contributed by atoms with Crippen molar-refractivity contribution in [3.8, 4) is 5.75 Å². The molecule has 0 bridgehead atoms. The predicted molar refractivity (Wildman–Crippen MR) is 78.5 cm³/mol. The van der Waals surface area contributed by atoms with Gasteiger partial charge in [-0.15, -0.1) is 0 Å². The van der Waals surface area contributed by atoms with E-state index in [2.05, 4.69) is 11.8 Å². The van der Waals surface area contributed by atoms with Crippen LogP contribution in [-0.4, -0.2) is 59.6 Å². The molecule has 0 aliphatic carbocycles. The Morgan fingerprint density at radius 2 is 1.95 bits per heavy atom. The molecule has 1 heterocycles. The monoisotopic (exact) mass is 277 g/mol. The zero-order valence-corrected chi connectivity index (χ0v) is 12.0. The summed E-state index contributed by atoms with van der Waals surface area (Å²) in [5.41, 5.74) is 6.36. The summed E-state index contributed by atoms with van der Waals surface area (Å²) in [5, 5.41) is 9.71. The average Bonchev–Trinajstić information content (AvgIpc) is 2.49. The van der Waals surface area contributed by atoms with Crippen LogP contribution in [0.5, 0.6) is 5.75 Å². The Kier molecular flexibility index (Phi) is 4.98. The largest absolute Gasteiger partial charge is 0.508 e. The lowest BCUT2D eigenvalue weighted by molar-refractivity contribution is -0.132. The van der Waals surface area contributed by atoms with Crippen LogP contribution in [0.4, 0.5) is 0 Å². The van der Waals surface area contributed by atoms with E-state index in [1.165, 1.54) is 0 Å². The van der Waals surface area contributed by atoms with E-state index in [4.69, 9.17) is 5.73 Å². The molecule has 0 spiro atoms. The molecular weight excluding hydrogens is 254 g/mol. The second-order valence-corrected chi connectivity index (χ2v) is 5.31. The molecule has 1 aliphatic heterocycles. The summed E-state index contributed by atoms with van der Waals surface area (Å²) in [6, 6.07) is 7.37. The smallest absolute Gasteiger partial charge is 0.227 e. The summed E-state index contributed by atoms with van der Waals surface area (Å²) in [5.74, 6) is 0.266. The number of hydrogen-bond acceptors (Lipinski definition) is 4. The van der Waals surface area contributed by atoms with Crippen LogP contribution in [-0.2, 0) is 11.2 Å².